The predicted octanol–water partition coefficient (Wildman–Crippen LogP) is 3.01. The van der Waals surface area contributed by atoms with Crippen molar-refractivity contribution < 1.29 is 5.11 Å². The van der Waals surface area contributed by atoms with Gasteiger partial charge in [-0.3, -0.25) is 4.68 Å². The van der Waals surface area contributed by atoms with Crippen LogP contribution in [0.15, 0.2) is 17.5 Å². The molecule has 2 aliphatic carbocycles. The third-order valence-corrected chi connectivity index (χ3v) is 5.94. The summed E-state index contributed by atoms with van der Waals surface area (Å²) in [6.07, 6.45) is 4.69. The minimum absolute atomic E-state index is 0.00828. The van der Waals surface area contributed by atoms with Crippen LogP contribution in [0.2, 0.25) is 0 Å². The summed E-state index contributed by atoms with van der Waals surface area (Å²) in [5.74, 6) is 0.276. The van der Waals surface area contributed by atoms with Gasteiger partial charge in [0.05, 0.1) is 17.3 Å². The summed E-state index contributed by atoms with van der Waals surface area (Å²) in [5, 5.41) is 24.4. The first kappa shape index (κ1) is 13.2. The van der Waals surface area contributed by atoms with Crippen LogP contribution in [-0.2, 0) is 18.9 Å². The van der Waals surface area contributed by atoms with Crippen molar-refractivity contribution in [2.75, 3.05) is 0 Å². The molecule has 1 N–H and O–H groups in total. The van der Waals surface area contributed by atoms with E-state index in [-0.39, 0.29) is 22.5 Å². The number of allylic oxidation sites excluding steroid dienone is 2. The fourth-order valence-corrected chi connectivity index (χ4v) is 4.21. The molecule has 0 saturated heterocycles. The van der Waals surface area contributed by atoms with Gasteiger partial charge in [0.25, 0.3) is 0 Å². The zero-order valence-corrected chi connectivity index (χ0v) is 12.6. The highest BCUT2D eigenvalue weighted by Gasteiger charge is 2.57. The number of fused-ring (bicyclic) bond motifs is 3. The van der Waals surface area contributed by atoms with Gasteiger partial charge in [-0.05, 0) is 30.2 Å². The van der Waals surface area contributed by atoms with Crippen LogP contribution in [0, 0.1) is 22.7 Å². The minimum Gasteiger partial charge on any atom is -0.511 e. The van der Waals surface area contributed by atoms with Gasteiger partial charge in [-0.1, -0.05) is 20.8 Å². The van der Waals surface area contributed by atoms with Crippen LogP contribution >= 0.6 is 0 Å². The van der Waals surface area contributed by atoms with Crippen LogP contribution in [0.4, 0.5) is 0 Å². The monoisotopic (exact) mass is 271 g/mol. The zero-order chi connectivity index (χ0) is 14.7. The van der Waals surface area contributed by atoms with Crippen molar-refractivity contribution in [3.8, 4) is 6.07 Å². The zero-order valence-electron chi connectivity index (χ0n) is 12.6. The maximum atomic E-state index is 10.3. The molecular weight excluding hydrogens is 250 g/mol. The average molecular weight is 271 g/mol. The molecule has 1 heterocycles. The van der Waals surface area contributed by atoms with Crippen molar-refractivity contribution in [1.82, 2.24) is 9.78 Å². The number of nitriles is 1. The number of hydrogen-bond acceptors (Lipinski definition) is 3. The van der Waals surface area contributed by atoms with Crippen molar-refractivity contribution in [2.45, 2.75) is 45.4 Å². The van der Waals surface area contributed by atoms with Crippen molar-refractivity contribution in [3.63, 3.8) is 0 Å². The Labute approximate surface area is 119 Å². The van der Waals surface area contributed by atoms with E-state index < -0.39 is 0 Å². The number of aliphatic hydroxyl groups is 1. The third kappa shape index (κ3) is 1.38. The molecule has 0 unspecified atom stereocenters. The van der Waals surface area contributed by atoms with Gasteiger partial charge in [-0.25, -0.2) is 0 Å². The molecule has 2 aliphatic rings. The van der Waals surface area contributed by atoms with Crippen LogP contribution in [0.1, 0.15) is 44.9 Å². The molecule has 1 aromatic rings. The highest BCUT2D eigenvalue weighted by Crippen LogP contribution is 2.60. The molecule has 0 saturated carbocycles. The number of hydrogen-bond donors (Lipinski definition) is 1. The number of nitrogens with zero attached hydrogens (tertiary/aromatic N) is 3. The lowest BCUT2D eigenvalue weighted by molar-refractivity contribution is 0.0321. The molecule has 0 fully saturated rings. The standard InChI is InChI=1S/C16H21N3O/c1-10-13(20)12(8-17)7-16(3)14-11(9-19(4)18-14)5-6-15(10,16)2/h9-10,20H,5-7H2,1-4H3/t10-,15+,16-/m1/s1. The highest BCUT2D eigenvalue weighted by atomic mass is 16.3. The Hall–Kier alpha value is -1.76. The van der Waals surface area contributed by atoms with Crippen LogP contribution in [-0.4, -0.2) is 14.9 Å². The van der Waals surface area contributed by atoms with Crippen LogP contribution in [0.3, 0.4) is 0 Å². The van der Waals surface area contributed by atoms with Gasteiger partial charge in [0.2, 0.25) is 0 Å². The Morgan fingerprint density at radius 1 is 1.50 bits per heavy atom. The van der Waals surface area contributed by atoms with Gasteiger partial charge >= 0.3 is 0 Å². The molecule has 0 bridgehead atoms. The van der Waals surface area contributed by atoms with E-state index in [1.54, 1.807) is 0 Å². The highest BCUT2D eigenvalue weighted by molar-refractivity contribution is 5.42. The van der Waals surface area contributed by atoms with Crippen LogP contribution < -0.4 is 0 Å². The van der Waals surface area contributed by atoms with Crippen molar-refractivity contribution >= 4 is 0 Å². The van der Waals surface area contributed by atoms with Crippen LogP contribution in [0.5, 0.6) is 0 Å². The van der Waals surface area contributed by atoms with Gasteiger partial charge in [-0.15, -0.1) is 0 Å². The molecular formula is C16H21N3O. The lowest BCUT2D eigenvalue weighted by atomic mass is 9.48. The Balaban J connectivity index is 2.24. The lowest BCUT2D eigenvalue weighted by Gasteiger charge is -2.55. The number of aliphatic hydroxyl groups excluding tert-OH is 1. The van der Waals surface area contributed by atoms with Crippen molar-refractivity contribution in [2.24, 2.45) is 18.4 Å². The number of rotatable bonds is 0. The van der Waals surface area contributed by atoms with Gasteiger partial charge in [0.1, 0.15) is 5.76 Å². The maximum absolute atomic E-state index is 10.3. The first-order valence-corrected chi connectivity index (χ1v) is 7.18. The first-order valence-electron chi connectivity index (χ1n) is 7.18. The Morgan fingerprint density at radius 2 is 2.20 bits per heavy atom. The van der Waals surface area contributed by atoms with Crippen LogP contribution in [0.25, 0.3) is 0 Å². The van der Waals surface area contributed by atoms with E-state index in [2.05, 4.69) is 31.2 Å². The van der Waals surface area contributed by atoms with Gasteiger partial charge < -0.3 is 5.11 Å². The second-order valence-corrected chi connectivity index (χ2v) is 6.80. The lowest BCUT2D eigenvalue weighted by Crippen LogP contribution is -2.52. The molecule has 3 rings (SSSR count). The second kappa shape index (κ2) is 3.88. The summed E-state index contributed by atoms with van der Waals surface area (Å²) in [5.41, 5.74) is 2.69. The Bertz CT molecular complexity index is 651. The van der Waals surface area contributed by atoms with Gasteiger partial charge in [-0.2, -0.15) is 10.4 Å². The van der Waals surface area contributed by atoms with Gasteiger partial charge in [0, 0.05) is 24.6 Å². The molecule has 0 aliphatic heterocycles. The molecule has 0 spiro atoms. The Kier molecular flexibility index (Phi) is 2.57. The summed E-state index contributed by atoms with van der Waals surface area (Å²) < 4.78 is 1.87. The molecule has 0 aromatic carbocycles. The number of aryl methyl sites for hydroxylation is 2. The Morgan fingerprint density at radius 3 is 2.85 bits per heavy atom. The molecule has 0 radical (unpaired) electrons. The molecule has 4 heteroatoms. The van der Waals surface area contributed by atoms with E-state index in [0.717, 1.165) is 18.5 Å². The SMILES string of the molecule is C[C@@H]1C(O)=C(C#N)C[C@]2(C)c3nn(C)cc3CC[C@@]12C. The second-order valence-electron chi connectivity index (χ2n) is 6.80. The van der Waals surface area contributed by atoms with E-state index >= 15 is 0 Å². The van der Waals surface area contributed by atoms with E-state index in [4.69, 9.17) is 0 Å². The fraction of sp³-hybridized carbons (Fsp3) is 0.625. The smallest absolute Gasteiger partial charge is 0.109 e. The summed E-state index contributed by atoms with van der Waals surface area (Å²) in [6.45, 7) is 6.48. The molecule has 4 nitrogen and oxygen atoms in total. The molecule has 20 heavy (non-hydrogen) atoms. The summed E-state index contributed by atoms with van der Waals surface area (Å²) in [4.78, 5) is 0. The molecule has 3 atom stereocenters. The minimum atomic E-state index is -0.182. The van der Waals surface area contributed by atoms with Crippen molar-refractivity contribution in [3.05, 3.63) is 28.8 Å². The topological polar surface area (TPSA) is 61.8 Å². The van der Waals surface area contributed by atoms with E-state index in [9.17, 15) is 10.4 Å². The molecule has 106 valence electrons. The quantitative estimate of drug-likeness (QED) is 0.789. The summed E-state index contributed by atoms with van der Waals surface area (Å²) in [6, 6.07) is 2.19. The molecule has 0 amide bonds. The van der Waals surface area contributed by atoms with E-state index in [1.165, 1.54) is 5.56 Å². The van der Waals surface area contributed by atoms with Crippen molar-refractivity contribution in [1.29, 1.82) is 5.26 Å². The maximum Gasteiger partial charge on any atom is 0.109 e. The largest absolute Gasteiger partial charge is 0.511 e. The normalized spacial score (nSPS) is 36.2. The first-order chi connectivity index (χ1) is 9.33. The molecule has 1 aromatic heterocycles. The third-order valence-electron chi connectivity index (χ3n) is 5.94. The predicted molar refractivity (Wildman–Crippen MR) is 76.0 cm³/mol. The fourth-order valence-electron chi connectivity index (χ4n) is 4.21. The summed E-state index contributed by atoms with van der Waals surface area (Å²) in [7, 11) is 1.95. The van der Waals surface area contributed by atoms with E-state index in [0.29, 0.717) is 12.0 Å². The van der Waals surface area contributed by atoms with Gasteiger partial charge in [0.15, 0.2) is 0 Å². The average Bonchev–Trinajstić information content (AvgIpc) is 2.80. The van der Waals surface area contributed by atoms with E-state index in [1.807, 2.05) is 18.7 Å². The summed E-state index contributed by atoms with van der Waals surface area (Å²) >= 11 is 0. The number of aromatic nitrogens is 2.